The van der Waals surface area contributed by atoms with Crippen LogP contribution in [0, 0.1) is 5.92 Å². The zero-order valence-electron chi connectivity index (χ0n) is 12.8. The second kappa shape index (κ2) is 8.07. The second-order valence-electron chi connectivity index (χ2n) is 5.41. The molecule has 1 amide bonds. The summed E-state index contributed by atoms with van der Waals surface area (Å²) in [5, 5.41) is 8.72. The Hall–Kier alpha value is -1.70. The van der Waals surface area contributed by atoms with Crippen LogP contribution in [0.5, 0.6) is 0 Å². The highest BCUT2D eigenvalue weighted by Gasteiger charge is 2.32. The van der Waals surface area contributed by atoms with Crippen molar-refractivity contribution >= 4 is 11.7 Å². The summed E-state index contributed by atoms with van der Waals surface area (Å²) in [7, 11) is 0. The lowest BCUT2D eigenvalue weighted by Crippen LogP contribution is -2.19. The number of hydrogen-bond donors (Lipinski definition) is 1. The second-order valence-corrected chi connectivity index (χ2v) is 5.41. The van der Waals surface area contributed by atoms with Gasteiger partial charge in [0.1, 0.15) is 0 Å². The Kier molecular flexibility index (Phi) is 6.73. The zero-order valence-corrected chi connectivity index (χ0v) is 12.8. The molecule has 0 aromatic carbocycles. The number of carbonyl (C=O) groups is 1. The van der Waals surface area contributed by atoms with Crippen LogP contribution in [0.25, 0.3) is 0 Å². The van der Waals surface area contributed by atoms with Gasteiger partial charge in [-0.25, -0.2) is 0 Å². The van der Waals surface area contributed by atoms with Crippen molar-refractivity contribution in [3.05, 3.63) is 17.8 Å². The van der Waals surface area contributed by atoms with E-state index in [1.165, 1.54) is 0 Å². The van der Waals surface area contributed by atoms with Gasteiger partial charge in [0.2, 0.25) is 5.91 Å². The van der Waals surface area contributed by atoms with Gasteiger partial charge < -0.3 is 10.1 Å². The van der Waals surface area contributed by atoms with Gasteiger partial charge >= 0.3 is 6.18 Å². The number of halogens is 3. The minimum Gasteiger partial charge on any atom is -0.378 e. The molecule has 8 heteroatoms. The Labute approximate surface area is 127 Å². The van der Waals surface area contributed by atoms with Gasteiger partial charge in [-0.1, -0.05) is 13.8 Å². The molecule has 1 atom stereocenters. The van der Waals surface area contributed by atoms with E-state index in [9.17, 15) is 18.0 Å². The lowest BCUT2D eigenvalue weighted by molar-refractivity contribution is -0.141. The quantitative estimate of drug-likeness (QED) is 0.838. The first-order valence-electron chi connectivity index (χ1n) is 7.01. The first kappa shape index (κ1) is 18.3. The Morgan fingerprint density at radius 2 is 1.95 bits per heavy atom. The molecule has 0 aliphatic heterocycles. The smallest absolute Gasteiger partial charge is 0.378 e. The van der Waals surface area contributed by atoms with Crippen molar-refractivity contribution in [3.8, 4) is 0 Å². The number of nitrogens with one attached hydrogen (secondary N) is 1. The minimum absolute atomic E-state index is 0.0202. The number of amides is 1. The van der Waals surface area contributed by atoms with Gasteiger partial charge in [-0.2, -0.15) is 13.2 Å². The molecule has 0 aliphatic carbocycles. The van der Waals surface area contributed by atoms with E-state index >= 15 is 0 Å². The van der Waals surface area contributed by atoms with E-state index in [-0.39, 0.29) is 30.9 Å². The number of ether oxygens (including phenoxy) is 1. The number of rotatable bonds is 7. The Morgan fingerprint density at radius 3 is 2.45 bits per heavy atom. The van der Waals surface area contributed by atoms with Gasteiger partial charge in [0.15, 0.2) is 11.5 Å². The first-order valence-corrected chi connectivity index (χ1v) is 7.01. The zero-order chi connectivity index (χ0) is 16.8. The summed E-state index contributed by atoms with van der Waals surface area (Å²) >= 11 is 0. The maximum absolute atomic E-state index is 12.3. The molecule has 1 aromatic heterocycles. The summed E-state index contributed by atoms with van der Waals surface area (Å²) in [6.07, 6.45) is -3.49. The van der Waals surface area contributed by atoms with E-state index in [2.05, 4.69) is 29.4 Å². The van der Waals surface area contributed by atoms with Gasteiger partial charge in [-0.05, 0) is 31.4 Å². The lowest BCUT2D eigenvalue weighted by atomic mass is 10.1. The summed E-state index contributed by atoms with van der Waals surface area (Å²) in [5.41, 5.74) is -1.10. The molecular formula is C14H20F3N3O2. The maximum Gasteiger partial charge on any atom is 0.435 e. The van der Waals surface area contributed by atoms with Gasteiger partial charge in [0.25, 0.3) is 0 Å². The molecule has 0 bridgehead atoms. The van der Waals surface area contributed by atoms with Crippen molar-refractivity contribution in [1.29, 1.82) is 0 Å². The summed E-state index contributed by atoms with van der Waals surface area (Å²) in [5.74, 6) is 0.102. The minimum atomic E-state index is -4.55. The molecule has 1 heterocycles. The largest absolute Gasteiger partial charge is 0.435 e. The van der Waals surface area contributed by atoms with Crippen LogP contribution in [0.15, 0.2) is 12.1 Å². The molecular weight excluding hydrogens is 299 g/mol. The first-order chi connectivity index (χ1) is 10.2. The fourth-order valence-corrected chi connectivity index (χ4v) is 1.84. The van der Waals surface area contributed by atoms with Gasteiger partial charge in [-0.3, -0.25) is 4.79 Å². The van der Waals surface area contributed by atoms with E-state index in [0.29, 0.717) is 5.92 Å². The van der Waals surface area contributed by atoms with Crippen LogP contribution in [-0.2, 0) is 15.7 Å². The van der Waals surface area contributed by atoms with Crippen LogP contribution < -0.4 is 5.32 Å². The molecule has 0 saturated carbocycles. The average Bonchev–Trinajstić information content (AvgIpc) is 2.37. The Morgan fingerprint density at radius 1 is 1.27 bits per heavy atom. The fourth-order valence-electron chi connectivity index (χ4n) is 1.84. The summed E-state index contributed by atoms with van der Waals surface area (Å²) in [4.78, 5) is 11.6. The Bertz CT molecular complexity index is 475. The number of nitrogens with zero attached hydrogens (tertiary/aromatic N) is 2. The predicted molar refractivity (Wildman–Crippen MR) is 75.1 cm³/mol. The average molecular weight is 319 g/mol. The third kappa shape index (κ3) is 6.84. The van der Waals surface area contributed by atoms with Crippen LogP contribution in [0.1, 0.15) is 39.3 Å². The van der Waals surface area contributed by atoms with Crippen LogP contribution in [-0.4, -0.2) is 28.8 Å². The molecule has 0 saturated heterocycles. The SMILES string of the molecule is CC(C)C[C@H](C)OCCC(=O)Nc1ccc(C(F)(F)F)nn1. The molecule has 1 rings (SSSR count). The van der Waals surface area contributed by atoms with E-state index in [0.717, 1.165) is 18.6 Å². The van der Waals surface area contributed by atoms with Gasteiger partial charge in [0.05, 0.1) is 19.1 Å². The predicted octanol–water partition coefficient (Wildman–Crippen LogP) is 3.28. The number of hydrogen-bond acceptors (Lipinski definition) is 4. The molecule has 124 valence electrons. The van der Waals surface area contributed by atoms with Crippen molar-refractivity contribution in [3.63, 3.8) is 0 Å². The van der Waals surface area contributed by atoms with E-state index in [1.54, 1.807) is 0 Å². The van der Waals surface area contributed by atoms with E-state index < -0.39 is 11.9 Å². The van der Waals surface area contributed by atoms with Crippen molar-refractivity contribution in [2.24, 2.45) is 5.92 Å². The summed E-state index contributed by atoms with van der Waals surface area (Å²) in [6, 6.07) is 1.83. The Balaban J connectivity index is 2.36. The summed E-state index contributed by atoms with van der Waals surface area (Å²) in [6.45, 7) is 6.33. The van der Waals surface area contributed by atoms with Crippen molar-refractivity contribution in [2.45, 2.75) is 45.9 Å². The highest BCUT2D eigenvalue weighted by molar-refractivity contribution is 5.89. The molecule has 0 spiro atoms. The van der Waals surface area contributed by atoms with E-state index in [4.69, 9.17) is 4.74 Å². The number of alkyl halides is 3. The molecule has 1 aromatic rings. The molecule has 1 N–H and O–H groups in total. The third-order valence-electron chi connectivity index (χ3n) is 2.76. The van der Waals surface area contributed by atoms with Crippen LogP contribution in [0.4, 0.5) is 19.0 Å². The highest BCUT2D eigenvalue weighted by atomic mass is 19.4. The fraction of sp³-hybridized carbons (Fsp3) is 0.643. The number of carbonyl (C=O) groups excluding carboxylic acids is 1. The van der Waals surface area contributed by atoms with Crippen LogP contribution >= 0.6 is 0 Å². The van der Waals surface area contributed by atoms with Crippen molar-refractivity contribution in [1.82, 2.24) is 10.2 Å². The third-order valence-corrected chi connectivity index (χ3v) is 2.76. The highest BCUT2D eigenvalue weighted by Crippen LogP contribution is 2.27. The number of anilines is 1. The van der Waals surface area contributed by atoms with Crippen LogP contribution in [0.3, 0.4) is 0 Å². The molecule has 0 aliphatic rings. The topological polar surface area (TPSA) is 64.1 Å². The lowest BCUT2D eigenvalue weighted by Gasteiger charge is -2.14. The molecule has 0 fully saturated rings. The normalized spacial score (nSPS) is 13.2. The molecule has 0 radical (unpaired) electrons. The van der Waals surface area contributed by atoms with Gasteiger partial charge in [0, 0.05) is 0 Å². The molecule has 22 heavy (non-hydrogen) atoms. The van der Waals surface area contributed by atoms with E-state index in [1.807, 2.05) is 6.92 Å². The number of aromatic nitrogens is 2. The molecule has 0 unspecified atom stereocenters. The van der Waals surface area contributed by atoms with Crippen molar-refractivity contribution in [2.75, 3.05) is 11.9 Å². The maximum atomic E-state index is 12.3. The summed E-state index contributed by atoms with van der Waals surface area (Å²) < 4.78 is 42.4. The molecule has 5 nitrogen and oxygen atoms in total. The monoisotopic (exact) mass is 319 g/mol. The van der Waals surface area contributed by atoms with Gasteiger partial charge in [-0.15, -0.1) is 10.2 Å². The van der Waals surface area contributed by atoms with Crippen LogP contribution in [0.2, 0.25) is 0 Å². The van der Waals surface area contributed by atoms with Crippen molar-refractivity contribution < 1.29 is 22.7 Å². The standard InChI is InChI=1S/C14H20F3N3O2/c1-9(2)8-10(3)22-7-6-13(21)18-12-5-4-11(19-20-12)14(15,16)17/h4-5,9-10H,6-8H2,1-3H3,(H,18,20,21)/t10-/m0/s1.